The molecule has 2 fully saturated rings. The van der Waals surface area contributed by atoms with Gasteiger partial charge in [-0.05, 0) is 67.2 Å². The summed E-state index contributed by atoms with van der Waals surface area (Å²) >= 11 is 2.29. The Morgan fingerprint density at radius 3 is 2.65 bits per heavy atom. The highest BCUT2D eigenvalue weighted by Crippen LogP contribution is 2.64. The average molecular weight is 341 g/mol. The van der Waals surface area contributed by atoms with Gasteiger partial charge in [-0.1, -0.05) is 0 Å². The Labute approximate surface area is 115 Å². The third kappa shape index (κ3) is 1.79. The van der Waals surface area contributed by atoms with Gasteiger partial charge in [-0.2, -0.15) is 10.4 Å². The van der Waals surface area contributed by atoms with Crippen LogP contribution in [-0.4, -0.2) is 9.78 Å². The first-order valence-corrected chi connectivity index (χ1v) is 7.34. The minimum absolute atomic E-state index is 0.316. The molecule has 1 aromatic heterocycles. The third-order valence-corrected chi connectivity index (χ3v) is 4.72. The van der Waals surface area contributed by atoms with Gasteiger partial charge in [0.25, 0.3) is 0 Å². The Kier molecular flexibility index (Phi) is 2.69. The molecule has 1 aromatic rings. The van der Waals surface area contributed by atoms with Gasteiger partial charge in [0.2, 0.25) is 0 Å². The topological polar surface area (TPSA) is 41.6 Å². The molecule has 2 saturated carbocycles. The summed E-state index contributed by atoms with van der Waals surface area (Å²) in [7, 11) is 0. The Hall–Kier alpha value is -0.570. The maximum atomic E-state index is 8.94. The number of aromatic nitrogens is 2. The second kappa shape index (κ2) is 3.98. The SMILES string of the molecule is CC(C)n1nc(I)cc1C1C2CC(C#N)CC21. The molecule has 0 aromatic carbocycles. The summed E-state index contributed by atoms with van der Waals surface area (Å²) in [6.45, 7) is 4.37. The molecule has 3 rings (SSSR count). The molecule has 0 saturated heterocycles. The average Bonchev–Trinajstić information content (AvgIpc) is 2.66. The van der Waals surface area contributed by atoms with Crippen molar-refractivity contribution in [3.63, 3.8) is 0 Å². The fourth-order valence-electron chi connectivity index (χ4n) is 3.43. The molecule has 3 nitrogen and oxygen atoms in total. The number of rotatable bonds is 2. The number of nitriles is 1. The van der Waals surface area contributed by atoms with E-state index in [9.17, 15) is 0 Å². The summed E-state index contributed by atoms with van der Waals surface area (Å²) in [5.74, 6) is 2.50. The molecule has 0 bridgehead atoms. The van der Waals surface area contributed by atoms with Crippen LogP contribution in [0.1, 0.15) is 44.3 Å². The maximum Gasteiger partial charge on any atom is 0.123 e. The summed E-state index contributed by atoms with van der Waals surface area (Å²) in [4.78, 5) is 0. The van der Waals surface area contributed by atoms with Crippen LogP contribution in [0.15, 0.2) is 6.07 Å². The van der Waals surface area contributed by atoms with Gasteiger partial charge in [-0.3, -0.25) is 4.68 Å². The fraction of sp³-hybridized carbons (Fsp3) is 0.692. The van der Waals surface area contributed by atoms with E-state index in [0.717, 1.165) is 28.4 Å². The summed E-state index contributed by atoms with van der Waals surface area (Å²) < 4.78 is 3.26. The summed E-state index contributed by atoms with van der Waals surface area (Å²) in [6.07, 6.45) is 2.21. The number of hydrogen-bond acceptors (Lipinski definition) is 2. The first-order chi connectivity index (χ1) is 8.11. The Bertz CT molecular complexity index is 473. The van der Waals surface area contributed by atoms with Crippen molar-refractivity contribution in [3.05, 3.63) is 15.5 Å². The van der Waals surface area contributed by atoms with Gasteiger partial charge in [-0.15, -0.1) is 0 Å². The van der Waals surface area contributed by atoms with E-state index in [1.807, 2.05) is 0 Å². The van der Waals surface area contributed by atoms with Crippen LogP contribution in [0.3, 0.4) is 0 Å². The van der Waals surface area contributed by atoms with E-state index in [2.05, 4.69) is 58.4 Å². The largest absolute Gasteiger partial charge is 0.266 e. The predicted octanol–water partition coefficient (Wildman–Crippen LogP) is 3.33. The van der Waals surface area contributed by atoms with Crippen molar-refractivity contribution >= 4 is 22.6 Å². The van der Waals surface area contributed by atoms with Gasteiger partial charge in [-0.25, -0.2) is 0 Å². The molecule has 4 heteroatoms. The lowest BCUT2D eigenvalue weighted by Gasteiger charge is -2.12. The van der Waals surface area contributed by atoms with Crippen LogP contribution in [0.4, 0.5) is 0 Å². The quantitative estimate of drug-likeness (QED) is 0.775. The standard InChI is InChI=1S/C13H16IN3/c1-7(2)17-11(5-12(14)16-17)13-9-3-8(6-15)4-10(9)13/h5,7-10,13H,3-4H2,1-2H3. The van der Waals surface area contributed by atoms with Gasteiger partial charge < -0.3 is 0 Å². The smallest absolute Gasteiger partial charge is 0.123 e. The molecule has 1 heterocycles. The van der Waals surface area contributed by atoms with E-state index in [4.69, 9.17) is 5.26 Å². The first kappa shape index (κ1) is 11.5. The normalized spacial score (nSPS) is 34.8. The van der Waals surface area contributed by atoms with Crippen molar-refractivity contribution in [2.45, 2.75) is 38.6 Å². The highest BCUT2D eigenvalue weighted by molar-refractivity contribution is 14.1. The Balaban J connectivity index is 1.83. The lowest BCUT2D eigenvalue weighted by atomic mass is 10.00. The Morgan fingerprint density at radius 2 is 2.12 bits per heavy atom. The third-order valence-electron chi connectivity index (χ3n) is 4.19. The predicted molar refractivity (Wildman–Crippen MR) is 73.4 cm³/mol. The molecule has 0 N–H and O–H groups in total. The molecule has 2 atom stereocenters. The molecule has 0 radical (unpaired) electrons. The van der Waals surface area contributed by atoms with Gasteiger partial charge in [0, 0.05) is 23.6 Å². The molecule has 0 spiro atoms. The van der Waals surface area contributed by atoms with Crippen molar-refractivity contribution in [2.24, 2.45) is 17.8 Å². The van der Waals surface area contributed by atoms with Crippen LogP contribution in [0.5, 0.6) is 0 Å². The van der Waals surface area contributed by atoms with Crippen molar-refractivity contribution in [2.75, 3.05) is 0 Å². The van der Waals surface area contributed by atoms with Crippen molar-refractivity contribution in [1.29, 1.82) is 5.26 Å². The summed E-state index contributed by atoms with van der Waals surface area (Å²) in [5.41, 5.74) is 1.40. The van der Waals surface area contributed by atoms with Crippen molar-refractivity contribution in [3.8, 4) is 6.07 Å². The van der Waals surface area contributed by atoms with E-state index in [-0.39, 0.29) is 0 Å². The molecule has 0 aliphatic heterocycles. The van der Waals surface area contributed by atoms with Crippen LogP contribution in [0.2, 0.25) is 0 Å². The van der Waals surface area contributed by atoms with E-state index in [1.165, 1.54) is 5.69 Å². The number of fused-ring (bicyclic) bond motifs is 1. The zero-order chi connectivity index (χ0) is 12.2. The Morgan fingerprint density at radius 1 is 1.47 bits per heavy atom. The maximum absolute atomic E-state index is 8.94. The highest BCUT2D eigenvalue weighted by Gasteiger charge is 2.57. The van der Waals surface area contributed by atoms with Crippen LogP contribution < -0.4 is 0 Å². The monoisotopic (exact) mass is 341 g/mol. The van der Waals surface area contributed by atoms with Crippen molar-refractivity contribution in [1.82, 2.24) is 9.78 Å². The molecule has 2 aliphatic carbocycles. The van der Waals surface area contributed by atoms with Crippen LogP contribution >= 0.6 is 22.6 Å². The molecule has 2 unspecified atom stereocenters. The summed E-state index contributed by atoms with van der Waals surface area (Å²) in [6, 6.07) is 5.07. The highest BCUT2D eigenvalue weighted by atomic mass is 127. The first-order valence-electron chi connectivity index (χ1n) is 6.26. The molecule has 17 heavy (non-hydrogen) atoms. The molecule has 90 valence electrons. The number of hydrogen-bond donors (Lipinski definition) is 0. The van der Waals surface area contributed by atoms with E-state index in [0.29, 0.717) is 17.9 Å². The minimum atomic E-state index is 0.316. The van der Waals surface area contributed by atoms with Crippen molar-refractivity contribution < 1.29 is 0 Å². The van der Waals surface area contributed by atoms with E-state index < -0.39 is 0 Å². The summed E-state index contributed by atoms with van der Waals surface area (Å²) in [5, 5.41) is 13.5. The molecule has 0 amide bonds. The second-order valence-corrected chi connectivity index (χ2v) is 6.69. The van der Waals surface area contributed by atoms with Gasteiger partial charge in [0.1, 0.15) is 3.70 Å². The number of nitrogens with zero attached hydrogens (tertiary/aromatic N) is 3. The minimum Gasteiger partial charge on any atom is -0.266 e. The van der Waals surface area contributed by atoms with E-state index >= 15 is 0 Å². The lowest BCUT2D eigenvalue weighted by molar-refractivity contribution is 0.483. The molecule has 2 aliphatic rings. The van der Waals surface area contributed by atoms with Gasteiger partial charge in [0.15, 0.2) is 0 Å². The molecular formula is C13H16IN3. The van der Waals surface area contributed by atoms with Crippen LogP contribution in [0, 0.1) is 32.8 Å². The lowest BCUT2D eigenvalue weighted by Crippen LogP contribution is -2.09. The number of halogens is 1. The zero-order valence-corrected chi connectivity index (χ0v) is 12.3. The van der Waals surface area contributed by atoms with Gasteiger partial charge in [0.05, 0.1) is 6.07 Å². The van der Waals surface area contributed by atoms with Gasteiger partial charge >= 0.3 is 0 Å². The zero-order valence-electron chi connectivity index (χ0n) is 10.1. The second-order valence-electron chi connectivity index (χ2n) is 5.58. The fourth-order valence-corrected chi connectivity index (χ4v) is 3.98. The molecular weight excluding hydrogens is 325 g/mol. The van der Waals surface area contributed by atoms with Crippen LogP contribution in [-0.2, 0) is 0 Å². The van der Waals surface area contributed by atoms with E-state index in [1.54, 1.807) is 0 Å². The van der Waals surface area contributed by atoms with Crippen LogP contribution in [0.25, 0.3) is 0 Å².